The molecule has 0 saturated carbocycles. The first-order chi connectivity index (χ1) is 9.22. The number of hydrogen-bond donors (Lipinski definition) is 1. The highest BCUT2D eigenvalue weighted by Gasteiger charge is 2.22. The van der Waals surface area contributed by atoms with E-state index in [0.29, 0.717) is 6.54 Å². The van der Waals surface area contributed by atoms with Gasteiger partial charge in [0, 0.05) is 25.0 Å². The third kappa shape index (κ3) is 2.72. The lowest BCUT2D eigenvalue weighted by Crippen LogP contribution is -2.30. The lowest BCUT2D eigenvalue weighted by Gasteiger charge is -2.11. The number of hydrogen-bond acceptors (Lipinski definition) is 4. The summed E-state index contributed by atoms with van der Waals surface area (Å²) in [5.74, 6) is 1.86. The molecule has 1 aromatic heterocycles. The second kappa shape index (κ2) is 5.19. The minimum Gasteiger partial charge on any atom is -0.488 e. The van der Waals surface area contributed by atoms with E-state index in [1.54, 1.807) is 6.33 Å². The molecule has 6 heteroatoms. The van der Waals surface area contributed by atoms with Crippen LogP contribution in [0.2, 0.25) is 5.02 Å². The number of nitrogens with one attached hydrogen (secondary N) is 1. The first-order valence-corrected chi connectivity index (χ1v) is 6.59. The topological polar surface area (TPSA) is 52.0 Å². The average Bonchev–Trinajstić information content (AvgIpc) is 2.95. The van der Waals surface area contributed by atoms with E-state index < -0.39 is 0 Å². The molecule has 1 atom stereocenters. The summed E-state index contributed by atoms with van der Waals surface area (Å²) in [6, 6.07) is 5.76. The van der Waals surface area contributed by atoms with Crippen LogP contribution in [0.5, 0.6) is 5.75 Å². The number of halogens is 1. The summed E-state index contributed by atoms with van der Waals surface area (Å²) >= 11 is 5.97. The third-order valence-electron chi connectivity index (χ3n) is 3.22. The quantitative estimate of drug-likeness (QED) is 0.922. The monoisotopic (exact) mass is 278 g/mol. The van der Waals surface area contributed by atoms with Crippen molar-refractivity contribution in [2.75, 3.05) is 6.54 Å². The van der Waals surface area contributed by atoms with Gasteiger partial charge in [-0.05, 0) is 23.8 Å². The van der Waals surface area contributed by atoms with Gasteiger partial charge < -0.3 is 14.6 Å². The van der Waals surface area contributed by atoms with E-state index in [0.717, 1.165) is 29.6 Å². The molecule has 0 fully saturated rings. The predicted octanol–water partition coefficient (Wildman–Crippen LogP) is 1.56. The van der Waals surface area contributed by atoms with Crippen molar-refractivity contribution >= 4 is 11.6 Å². The van der Waals surface area contributed by atoms with Crippen molar-refractivity contribution in [2.45, 2.75) is 19.1 Å². The van der Waals surface area contributed by atoms with Gasteiger partial charge in [-0.1, -0.05) is 11.6 Å². The zero-order valence-electron chi connectivity index (χ0n) is 10.6. The molecule has 2 heterocycles. The molecule has 1 aliphatic heterocycles. The van der Waals surface area contributed by atoms with E-state index in [9.17, 15) is 0 Å². The Morgan fingerprint density at radius 1 is 1.53 bits per heavy atom. The van der Waals surface area contributed by atoms with Gasteiger partial charge in [0.1, 0.15) is 24.0 Å². The Balaban J connectivity index is 1.52. The number of fused-ring (bicyclic) bond motifs is 1. The Labute approximate surface area is 116 Å². The van der Waals surface area contributed by atoms with Crippen LogP contribution in [0.25, 0.3) is 0 Å². The zero-order chi connectivity index (χ0) is 13.2. The first-order valence-electron chi connectivity index (χ1n) is 6.21. The van der Waals surface area contributed by atoms with Crippen molar-refractivity contribution in [1.82, 2.24) is 20.1 Å². The molecule has 0 radical (unpaired) electrons. The Hall–Kier alpha value is -1.59. The highest BCUT2D eigenvalue weighted by molar-refractivity contribution is 6.30. The average molecular weight is 279 g/mol. The molecule has 3 rings (SSSR count). The number of nitrogens with zero attached hydrogens (tertiary/aromatic N) is 3. The van der Waals surface area contributed by atoms with Crippen molar-refractivity contribution in [3.8, 4) is 5.75 Å². The molecule has 1 aromatic carbocycles. The summed E-state index contributed by atoms with van der Waals surface area (Å²) in [6.45, 7) is 1.46. The molecule has 5 nitrogen and oxygen atoms in total. The van der Waals surface area contributed by atoms with E-state index >= 15 is 0 Å². The van der Waals surface area contributed by atoms with Gasteiger partial charge in [-0.25, -0.2) is 0 Å². The van der Waals surface area contributed by atoms with E-state index in [1.165, 1.54) is 5.56 Å². The number of aryl methyl sites for hydroxylation is 1. The van der Waals surface area contributed by atoms with Crippen LogP contribution >= 0.6 is 11.6 Å². The highest BCUT2D eigenvalue weighted by atomic mass is 35.5. The SMILES string of the molecule is Cn1cnnc1CNCC1Cc2cc(Cl)ccc2O1. The molecule has 0 saturated heterocycles. The van der Waals surface area contributed by atoms with E-state index in [2.05, 4.69) is 15.5 Å². The zero-order valence-corrected chi connectivity index (χ0v) is 11.4. The van der Waals surface area contributed by atoms with Crippen LogP contribution < -0.4 is 10.1 Å². The van der Waals surface area contributed by atoms with Gasteiger partial charge in [0.25, 0.3) is 0 Å². The van der Waals surface area contributed by atoms with Crippen LogP contribution in [0.15, 0.2) is 24.5 Å². The number of benzene rings is 1. The van der Waals surface area contributed by atoms with Gasteiger partial charge in [-0.2, -0.15) is 0 Å². The van der Waals surface area contributed by atoms with Crippen LogP contribution in [0.1, 0.15) is 11.4 Å². The van der Waals surface area contributed by atoms with Gasteiger partial charge in [-0.15, -0.1) is 10.2 Å². The van der Waals surface area contributed by atoms with Crippen molar-refractivity contribution < 1.29 is 4.74 Å². The molecule has 1 aliphatic rings. The highest BCUT2D eigenvalue weighted by Crippen LogP contribution is 2.30. The predicted molar refractivity (Wildman–Crippen MR) is 72.3 cm³/mol. The van der Waals surface area contributed by atoms with Crippen molar-refractivity contribution in [3.63, 3.8) is 0 Å². The van der Waals surface area contributed by atoms with Crippen LogP contribution in [-0.4, -0.2) is 27.4 Å². The molecular formula is C13H15ClN4O. The molecular weight excluding hydrogens is 264 g/mol. The van der Waals surface area contributed by atoms with Crippen LogP contribution in [0.3, 0.4) is 0 Å². The van der Waals surface area contributed by atoms with Crippen LogP contribution in [0, 0.1) is 0 Å². The molecule has 100 valence electrons. The Bertz CT molecular complexity index is 584. The smallest absolute Gasteiger partial charge is 0.146 e. The van der Waals surface area contributed by atoms with Gasteiger partial charge in [-0.3, -0.25) is 0 Å². The first kappa shape index (κ1) is 12.4. The molecule has 0 bridgehead atoms. The number of aromatic nitrogens is 3. The van der Waals surface area contributed by atoms with Crippen LogP contribution in [-0.2, 0) is 20.0 Å². The summed E-state index contributed by atoms with van der Waals surface area (Å²) < 4.78 is 7.75. The second-order valence-electron chi connectivity index (χ2n) is 4.69. The third-order valence-corrected chi connectivity index (χ3v) is 3.46. The standard InChI is InChI=1S/C13H15ClN4O/c1-18-8-16-17-13(18)7-15-6-11-5-9-4-10(14)2-3-12(9)19-11/h2-4,8,11,15H,5-7H2,1H3. The Kier molecular flexibility index (Phi) is 3.40. The summed E-state index contributed by atoms with van der Waals surface area (Å²) in [7, 11) is 1.93. The molecule has 1 N–H and O–H groups in total. The van der Waals surface area contributed by atoms with Crippen molar-refractivity contribution in [2.24, 2.45) is 7.05 Å². The summed E-state index contributed by atoms with van der Waals surface area (Å²) in [5.41, 5.74) is 1.18. The number of ether oxygens (including phenoxy) is 1. The minimum atomic E-state index is 0.154. The fraction of sp³-hybridized carbons (Fsp3) is 0.385. The lowest BCUT2D eigenvalue weighted by molar-refractivity contribution is 0.226. The van der Waals surface area contributed by atoms with Crippen molar-refractivity contribution in [3.05, 3.63) is 40.9 Å². The van der Waals surface area contributed by atoms with Gasteiger partial charge >= 0.3 is 0 Å². The molecule has 0 aliphatic carbocycles. The summed E-state index contributed by atoms with van der Waals surface area (Å²) in [5, 5.41) is 12.0. The fourth-order valence-electron chi connectivity index (χ4n) is 2.21. The van der Waals surface area contributed by atoms with Gasteiger partial charge in [0.15, 0.2) is 0 Å². The van der Waals surface area contributed by atoms with Gasteiger partial charge in [0.2, 0.25) is 0 Å². The maximum atomic E-state index is 5.97. The molecule has 19 heavy (non-hydrogen) atoms. The summed E-state index contributed by atoms with van der Waals surface area (Å²) in [4.78, 5) is 0. The second-order valence-corrected chi connectivity index (χ2v) is 5.12. The molecule has 1 unspecified atom stereocenters. The molecule has 0 spiro atoms. The maximum absolute atomic E-state index is 5.97. The van der Waals surface area contributed by atoms with E-state index in [4.69, 9.17) is 16.3 Å². The normalized spacial score (nSPS) is 17.3. The van der Waals surface area contributed by atoms with Crippen LogP contribution in [0.4, 0.5) is 0 Å². The number of rotatable bonds is 4. The fourth-order valence-corrected chi connectivity index (χ4v) is 2.41. The van der Waals surface area contributed by atoms with E-state index in [1.807, 2.05) is 29.8 Å². The maximum Gasteiger partial charge on any atom is 0.146 e. The largest absolute Gasteiger partial charge is 0.488 e. The van der Waals surface area contributed by atoms with Crippen molar-refractivity contribution in [1.29, 1.82) is 0 Å². The molecule has 0 amide bonds. The summed E-state index contributed by atoms with van der Waals surface area (Å²) in [6.07, 6.45) is 2.74. The minimum absolute atomic E-state index is 0.154. The Morgan fingerprint density at radius 2 is 2.42 bits per heavy atom. The Morgan fingerprint density at radius 3 is 3.21 bits per heavy atom. The van der Waals surface area contributed by atoms with Gasteiger partial charge in [0.05, 0.1) is 6.54 Å². The molecule has 2 aromatic rings. The lowest BCUT2D eigenvalue weighted by atomic mass is 10.1. The van der Waals surface area contributed by atoms with E-state index in [-0.39, 0.29) is 6.10 Å².